The normalized spacial score (nSPS) is 16.1. The quantitative estimate of drug-likeness (QED) is 0.907. The van der Waals surface area contributed by atoms with E-state index in [-0.39, 0.29) is 6.54 Å². The van der Waals surface area contributed by atoms with Crippen molar-refractivity contribution in [2.75, 3.05) is 11.9 Å². The Bertz CT molecular complexity index is 699. The van der Waals surface area contributed by atoms with E-state index in [1.807, 2.05) is 6.92 Å². The zero-order valence-electron chi connectivity index (χ0n) is 13.2. The highest BCUT2D eigenvalue weighted by atomic mass is 16.4. The average Bonchev–Trinajstić information content (AvgIpc) is 2.84. The van der Waals surface area contributed by atoms with Gasteiger partial charge in [0.2, 0.25) is 0 Å². The summed E-state index contributed by atoms with van der Waals surface area (Å²) in [6, 6.07) is 4.16. The summed E-state index contributed by atoms with van der Waals surface area (Å²) < 4.78 is 2.06. The number of anilines is 1. The first-order chi connectivity index (χ1) is 10.6. The highest BCUT2D eigenvalue weighted by molar-refractivity contribution is 5.73. The molecule has 2 aromatic heterocycles. The van der Waals surface area contributed by atoms with E-state index in [1.54, 1.807) is 0 Å². The molecular formula is C17H23N3O2. The fourth-order valence-corrected chi connectivity index (χ4v) is 3.54. The maximum atomic E-state index is 11.0. The second-order valence-electron chi connectivity index (χ2n) is 6.30. The molecule has 0 saturated heterocycles. The van der Waals surface area contributed by atoms with Gasteiger partial charge in [0.1, 0.15) is 18.0 Å². The molecule has 0 unspecified atom stereocenters. The van der Waals surface area contributed by atoms with Gasteiger partial charge in [-0.1, -0.05) is 19.3 Å². The maximum absolute atomic E-state index is 11.0. The van der Waals surface area contributed by atoms with Crippen LogP contribution < -0.4 is 5.32 Å². The first-order valence-electron chi connectivity index (χ1n) is 8.01. The highest BCUT2D eigenvalue weighted by Gasteiger charge is 2.24. The summed E-state index contributed by atoms with van der Waals surface area (Å²) in [5, 5.41) is 12.1. The number of aliphatic carboxylic acids is 1. The minimum atomic E-state index is -0.852. The summed E-state index contributed by atoms with van der Waals surface area (Å²) in [7, 11) is 0. The summed E-state index contributed by atoms with van der Waals surface area (Å²) in [5.74, 6) is 0.445. The Kier molecular flexibility index (Phi) is 4.05. The summed E-state index contributed by atoms with van der Waals surface area (Å²) >= 11 is 0. The maximum Gasteiger partial charge on any atom is 0.322 e. The number of imidazole rings is 1. The molecule has 2 aromatic rings. The lowest BCUT2D eigenvalue weighted by Gasteiger charge is -2.21. The summed E-state index contributed by atoms with van der Waals surface area (Å²) in [4.78, 5) is 15.8. The zero-order chi connectivity index (χ0) is 15.7. The van der Waals surface area contributed by atoms with Gasteiger partial charge in [-0.15, -0.1) is 0 Å². The number of hydrogen-bond acceptors (Lipinski definition) is 3. The minimum Gasteiger partial charge on any atom is -0.480 e. The number of nitrogens with zero attached hydrogens (tertiary/aromatic N) is 2. The predicted octanol–water partition coefficient (Wildman–Crippen LogP) is 3.50. The Morgan fingerprint density at radius 1 is 1.32 bits per heavy atom. The number of aryl methyl sites for hydroxylation is 2. The van der Waals surface area contributed by atoms with Crippen LogP contribution in [0.3, 0.4) is 0 Å². The Balaban J connectivity index is 2.09. The van der Waals surface area contributed by atoms with Gasteiger partial charge in [-0.05, 0) is 44.4 Å². The summed E-state index contributed by atoms with van der Waals surface area (Å²) in [5.41, 5.74) is 4.20. The molecule has 2 heterocycles. The molecule has 1 aliphatic rings. The van der Waals surface area contributed by atoms with Crippen molar-refractivity contribution in [1.29, 1.82) is 0 Å². The average molecular weight is 301 g/mol. The van der Waals surface area contributed by atoms with Gasteiger partial charge in [0.05, 0.1) is 5.69 Å². The van der Waals surface area contributed by atoms with Crippen molar-refractivity contribution in [3.05, 3.63) is 29.1 Å². The summed E-state index contributed by atoms with van der Waals surface area (Å²) in [6.45, 7) is 4.02. The van der Waals surface area contributed by atoms with Gasteiger partial charge in [0.15, 0.2) is 0 Å². The van der Waals surface area contributed by atoms with E-state index < -0.39 is 5.97 Å². The Morgan fingerprint density at radius 3 is 2.73 bits per heavy atom. The zero-order valence-corrected chi connectivity index (χ0v) is 13.2. The van der Waals surface area contributed by atoms with Crippen molar-refractivity contribution in [3.63, 3.8) is 0 Å². The lowest BCUT2D eigenvalue weighted by Crippen LogP contribution is -2.16. The molecule has 0 bridgehead atoms. The number of fused-ring (bicyclic) bond motifs is 1. The monoisotopic (exact) mass is 301 g/mol. The van der Waals surface area contributed by atoms with Crippen molar-refractivity contribution in [2.45, 2.75) is 51.9 Å². The smallest absolute Gasteiger partial charge is 0.322 e. The first kappa shape index (κ1) is 14.9. The van der Waals surface area contributed by atoms with Gasteiger partial charge in [0.25, 0.3) is 0 Å². The molecule has 0 aliphatic heterocycles. The van der Waals surface area contributed by atoms with Crippen LogP contribution in [-0.2, 0) is 4.79 Å². The van der Waals surface area contributed by atoms with E-state index in [2.05, 4.69) is 28.8 Å². The molecule has 0 atom stereocenters. The molecule has 0 amide bonds. The third kappa shape index (κ3) is 2.80. The lowest BCUT2D eigenvalue weighted by molar-refractivity contribution is -0.134. The van der Waals surface area contributed by atoms with Crippen LogP contribution in [-0.4, -0.2) is 27.0 Å². The van der Waals surface area contributed by atoms with Crippen molar-refractivity contribution in [3.8, 4) is 0 Å². The number of carboxylic acid groups (broad SMARTS) is 1. The molecule has 3 rings (SSSR count). The van der Waals surface area contributed by atoms with E-state index in [9.17, 15) is 4.79 Å². The van der Waals surface area contributed by atoms with Crippen molar-refractivity contribution < 1.29 is 9.90 Å². The van der Waals surface area contributed by atoms with Crippen molar-refractivity contribution >= 4 is 17.4 Å². The Labute approximate surface area is 130 Å². The van der Waals surface area contributed by atoms with E-state index in [0.29, 0.717) is 5.92 Å². The molecule has 1 aliphatic carbocycles. The van der Waals surface area contributed by atoms with Crippen LogP contribution in [0.5, 0.6) is 0 Å². The van der Waals surface area contributed by atoms with E-state index in [1.165, 1.54) is 24.8 Å². The van der Waals surface area contributed by atoms with E-state index in [4.69, 9.17) is 10.1 Å². The van der Waals surface area contributed by atoms with Gasteiger partial charge < -0.3 is 10.4 Å². The second kappa shape index (κ2) is 5.99. The number of carbonyl (C=O) groups is 1. The molecule has 2 N–H and O–H groups in total. The molecule has 1 fully saturated rings. The number of nitrogens with one attached hydrogen (secondary N) is 1. The van der Waals surface area contributed by atoms with Crippen LogP contribution in [0.1, 0.15) is 55.0 Å². The van der Waals surface area contributed by atoms with Crippen LogP contribution in [0.15, 0.2) is 12.1 Å². The molecule has 118 valence electrons. The van der Waals surface area contributed by atoms with Gasteiger partial charge in [-0.3, -0.25) is 9.20 Å². The van der Waals surface area contributed by atoms with Crippen LogP contribution >= 0.6 is 0 Å². The number of aromatic nitrogens is 2. The highest BCUT2D eigenvalue weighted by Crippen LogP contribution is 2.37. The van der Waals surface area contributed by atoms with Gasteiger partial charge >= 0.3 is 5.97 Å². The molecule has 5 nitrogen and oxygen atoms in total. The fraction of sp³-hybridized carbons (Fsp3) is 0.529. The van der Waals surface area contributed by atoms with Crippen molar-refractivity contribution in [2.24, 2.45) is 0 Å². The Hall–Kier alpha value is -2.04. The lowest BCUT2D eigenvalue weighted by atomic mass is 9.87. The third-order valence-corrected chi connectivity index (χ3v) is 4.48. The molecule has 1 saturated carbocycles. The fourth-order valence-electron chi connectivity index (χ4n) is 3.54. The van der Waals surface area contributed by atoms with Crippen LogP contribution in [0.4, 0.5) is 5.82 Å². The van der Waals surface area contributed by atoms with Crippen LogP contribution in [0.25, 0.3) is 5.65 Å². The number of rotatable bonds is 4. The molecule has 0 spiro atoms. The third-order valence-electron chi connectivity index (χ3n) is 4.48. The van der Waals surface area contributed by atoms with Crippen LogP contribution in [0, 0.1) is 13.8 Å². The topological polar surface area (TPSA) is 66.6 Å². The molecule has 0 aromatic carbocycles. The minimum absolute atomic E-state index is 0.0825. The van der Waals surface area contributed by atoms with Crippen molar-refractivity contribution in [1.82, 2.24) is 9.38 Å². The first-order valence-corrected chi connectivity index (χ1v) is 8.01. The standard InChI is InChI=1S/C17H23N3O2/c1-11-8-12(2)20-14(9-11)19-16(13-6-4-3-5-7-13)17(20)18-10-15(21)22/h8-9,13,18H,3-7,10H2,1-2H3,(H,21,22). The molecule has 22 heavy (non-hydrogen) atoms. The second-order valence-corrected chi connectivity index (χ2v) is 6.30. The van der Waals surface area contributed by atoms with E-state index in [0.717, 1.165) is 35.7 Å². The number of hydrogen-bond donors (Lipinski definition) is 2. The SMILES string of the molecule is Cc1cc(C)n2c(NCC(=O)O)c(C3CCCCC3)nc2c1. The predicted molar refractivity (Wildman–Crippen MR) is 86.6 cm³/mol. The molecule has 0 radical (unpaired) electrons. The van der Waals surface area contributed by atoms with E-state index >= 15 is 0 Å². The largest absolute Gasteiger partial charge is 0.480 e. The van der Waals surface area contributed by atoms with Gasteiger partial charge in [0, 0.05) is 11.6 Å². The molecule has 5 heteroatoms. The molecular weight excluding hydrogens is 278 g/mol. The van der Waals surface area contributed by atoms with Crippen LogP contribution in [0.2, 0.25) is 0 Å². The van der Waals surface area contributed by atoms with Gasteiger partial charge in [-0.25, -0.2) is 4.98 Å². The number of pyridine rings is 1. The number of carboxylic acids is 1. The Morgan fingerprint density at radius 2 is 2.05 bits per heavy atom. The van der Waals surface area contributed by atoms with Gasteiger partial charge in [-0.2, -0.15) is 0 Å². The summed E-state index contributed by atoms with van der Waals surface area (Å²) in [6.07, 6.45) is 6.04.